The maximum Gasteiger partial charge on any atom is 0.242 e. The van der Waals surface area contributed by atoms with Gasteiger partial charge in [0.15, 0.2) is 5.82 Å². The molecule has 0 atom stereocenters. The minimum Gasteiger partial charge on any atom is -0.474 e. The van der Waals surface area contributed by atoms with Crippen LogP contribution in [-0.4, -0.2) is 36.8 Å². The zero-order valence-corrected chi connectivity index (χ0v) is 12.2. The molecule has 0 aromatic carbocycles. The van der Waals surface area contributed by atoms with E-state index in [1.807, 2.05) is 6.92 Å². The Morgan fingerprint density at radius 2 is 2.00 bits per heavy atom. The molecule has 0 aliphatic heterocycles. The van der Waals surface area contributed by atoms with Gasteiger partial charge in [-0.2, -0.15) is 4.98 Å². The Balaban J connectivity index is 2.69. The van der Waals surface area contributed by atoms with Crippen LogP contribution in [0.5, 0.6) is 5.88 Å². The molecule has 0 bridgehead atoms. The van der Waals surface area contributed by atoms with Crippen molar-refractivity contribution in [1.29, 1.82) is 0 Å². The minimum absolute atomic E-state index is 0.414. The molecule has 0 fully saturated rings. The third-order valence-electron chi connectivity index (χ3n) is 2.56. The highest BCUT2D eigenvalue weighted by Crippen LogP contribution is 2.25. The van der Waals surface area contributed by atoms with Crippen molar-refractivity contribution < 1.29 is 9.47 Å². The average Bonchev–Trinajstić information content (AvgIpc) is 2.34. The van der Waals surface area contributed by atoms with Crippen LogP contribution in [0.15, 0.2) is 0 Å². The highest BCUT2D eigenvalue weighted by atomic mass is 16.5. The molecule has 3 N–H and O–H groups in total. The summed E-state index contributed by atoms with van der Waals surface area (Å²) < 4.78 is 10.4. The topological polar surface area (TPSA) is 82.3 Å². The van der Waals surface area contributed by atoms with Crippen molar-refractivity contribution in [3.63, 3.8) is 0 Å². The fourth-order valence-corrected chi connectivity index (χ4v) is 1.50. The van der Waals surface area contributed by atoms with E-state index in [4.69, 9.17) is 15.2 Å². The first-order chi connectivity index (χ1) is 9.04. The number of rotatable bonds is 8. The number of methoxy groups -OCH3 is 1. The first kappa shape index (κ1) is 15.5. The van der Waals surface area contributed by atoms with Crippen LogP contribution in [0.25, 0.3) is 0 Å². The summed E-state index contributed by atoms with van der Waals surface area (Å²) in [5.41, 5.74) is 6.45. The fraction of sp³-hybridized carbons (Fsp3) is 0.692. The average molecular weight is 268 g/mol. The molecule has 108 valence electrons. The van der Waals surface area contributed by atoms with E-state index >= 15 is 0 Å². The van der Waals surface area contributed by atoms with Crippen molar-refractivity contribution in [1.82, 2.24) is 9.97 Å². The van der Waals surface area contributed by atoms with E-state index in [1.54, 1.807) is 7.11 Å². The fourth-order valence-electron chi connectivity index (χ4n) is 1.50. The Kier molecular flexibility index (Phi) is 6.35. The van der Waals surface area contributed by atoms with Crippen LogP contribution < -0.4 is 15.8 Å². The Morgan fingerprint density at radius 1 is 1.26 bits per heavy atom. The van der Waals surface area contributed by atoms with E-state index in [0.29, 0.717) is 42.3 Å². The number of nitrogens with one attached hydrogen (secondary N) is 1. The number of aryl methyl sites for hydroxylation is 1. The van der Waals surface area contributed by atoms with Crippen LogP contribution in [0, 0.1) is 12.8 Å². The monoisotopic (exact) mass is 268 g/mol. The van der Waals surface area contributed by atoms with E-state index in [9.17, 15) is 0 Å². The van der Waals surface area contributed by atoms with Gasteiger partial charge in [-0.25, -0.2) is 4.98 Å². The first-order valence-corrected chi connectivity index (χ1v) is 6.54. The molecule has 0 amide bonds. The smallest absolute Gasteiger partial charge is 0.242 e. The summed E-state index contributed by atoms with van der Waals surface area (Å²) in [5.74, 6) is 2.32. The summed E-state index contributed by atoms with van der Waals surface area (Å²) in [6.45, 7) is 7.92. The second kappa shape index (κ2) is 7.78. The summed E-state index contributed by atoms with van der Waals surface area (Å²) in [7, 11) is 1.62. The number of nitrogens with two attached hydrogens (primary N) is 1. The molecule has 19 heavy (non-hydrogen) atoms. The maximum atomic E-state index is 6.00. The molecule has 1 aromatic rings. The van der Waals surface area contributed by atoms with Crippen molar-refractivity contribution in [3.05, 3.63) is 5.82 Å². The van der Waals surface area contributed by atoms with E-state index < -0.39 is 0 Å². The van der Waals surface area contributed by atoms with E-state index in [-0.39, 0.29) is 0 Å². The van der Waals surface area contributed by atoms with Gasteiger partial charge in [0.1, 0.15) is 18.1 Å². The molecule has 6 nitrogen and oxygen atoms in total. The van der Waals surface area contributed by atoms with Crippen LogP contribution in [0.1, 0.15) is 26.1 Å². The van der Waals surface area contributed by atoms with Gasteiger partial charge in [0, 0.05) is 13.7 Å². The van der Waals surface area contributed by atoms with E-state index in [2.05, 4.69) is 29.1 Å². The molecular formula is C13H24N4O2. The minimum atomic E-state index is 0.414. The normalized spacial score (nSPS) is 10.8. The molecule has 0 saturated carbocycles. The van der Waals surface area contributed by atoms with Crippen LogP contribution in [-0.2, 0) is 4.74 Å². The molecule has 1 rings (SSSR count). The van der Waals surface area contributed by atoms with Gasteiger partial charge in [-0.3, -0.25) is 0 Å². The van der Waals surface area contributed by atoms with E-state index in [0.717, 1.165) is 13.0 Å². The van der Waals surface area contributed by atoms with Gasteiger partial charge >= 0.3 is 0 Å². The number of hydrogen-bond donors (Lipinski definition) is 2. The second-order valence-electron chi connectivity index (χ2n) is 4.79. The number of ether oxygens (including phenoxy) is 2. The highest BCUT2D eigenvalue weighted by molar-refractivity contribution is 5.66. The molecule has 0 radical (unpaired) electrons. The van der Waals surface area contributed by atoms with Crippen molar-refractivity contribution in [2.24, 2.45) is 5.92 Å². The lowest BCUT2D eigenvalue weighted by atomic mass is 10.1. The third-order valence-corrected chi connectivity index (χ3v) is 2.56. The maximum absolute atomic E-state index is 6.00. The quantitative estimate of drug-likeness (QED) is 0.700. The molecule has 6 heteroatoms. The second-order valence-corrected chi connectivity index (χ2v) is 4.79. The lowest BCUT2D eigenvalue weighted by molar-refractivity contribution is 0.144. The van der Waals surface area contributed by atoms with Gasteiger partial charge in [0.25, 0.3) is 0 Å². The predicted molar refractivity (Wildman–Crippen MR) is 76.5 cm³/mol. The number of hydrogen-bond acceptors (Lipinski definition) is 6. The Morgan fingerprint density at radius 3 is 2.63 bits per heavy atom. The summed E-state index contributed by atoms with van der Waals surface area (Å²) in [4.78, 5) is 8.49. The van der Waals surface area contributed by atoms with Gasteiger partial charge in [0.2, 0.25) is 5.88 Å². The van der Waals surface area contributed by atoms with Crippen LogP contribution in [0.2, 0.25) is 0 Å². The summed E-state index contributed by atoms with van der Waals surface area (Å²) in [6.07, 6.45) is 1.06. The van der Waals surface area contributed by atoms with Gasteiger partial charge < -0.3 is 20.5 Å². The third kappa shape index (κ3) is 5.30. The number of anilines is 2. The zero-order valence-electron chi connectivity index (χ0n) is 12.2. The Labute approximate surface area is 114 Å². The standard InChI is InChI=1S/C13H24N4O2/c1-9(2)5-6-15-12-11(14)13(17-10(3)16-12)19-8-7-18-4/h9H,5-8,14H2,1-4H3,(H,15,16,17). The molecule has 0 aliphatic carbocycles. The molecule has 1 aromatic heterocycles. The van der Waals surface area contributed by atoms with Gasteiger partial charge in [-0.05, 0) is 19.3 Å². The summed E-state index contributed by atoms with van der Waals surface area (Å²) >= 11 is 0. The first-order valence-electron chi connectivity index (χ1n) is 6.54. The zero-order chi connectivity index (χ0) is 14.3. The van der Waals surface area contributed by atoms with Crippen molar-refractivity contribution in [3.8, 4) is 5.88 Å². The van der Waals surface area contributed by atoms with Gasteiger partial charge in [0.05, 0.1) is 6.61 Å². The predicted octanol–water partition coefficient (Wildman–Crippen LogP) is 1.85. The van der Waals surface area contributed by atoms with Crippen molar-refractivity contribution >= 4 is 11.5 Å². The van der Waals surface area contributed by atoms with Crippen LogP contribution in [0.4, 0.5) is 11.5 Å². The van der Waals surface area contributed by atoms with Crippen molar-refractivity contribution in [2.75, 3.05) is 37.9 Å². The molecule has 0 aliphatic rings. The van der Waals surface area contributed by atoms with Crippen LogP contribution in [0.3, 0.4) is 0 Å². The highest BCUT2D eigenvalue weighted by Gasteiger charge is 2.11. The lowest BCUT2D eigenvalue weighted by Gasteiger charge is -2.13. The lowest BCUT2D eigenvalue weighted by Crippen LogP contribution is -2.13. The summed E-state index contributed by atoms with van der Waals surface area (Å²) in [5, 5.41) is 3.23. The number of nitrogen functional groups attached to an aromatic ring is 1. The largest absolute Gasteiger partial charge is 0.474 e. The summed E-state index contributed by atoms with van der Waals surface area (Å²) in [6, 6.07) is 0. The van der Waals surface area contributed by atoms with Crippen molar-refractivity contribution in [2.45, 2.75) is 27.2 Å². The molecular weight excluding hydrogens is 244 g/mol. The molecule has 0 saturated heterocycles. The SMILES string of the molecule is COCCOc1nc(C)nc(NCCC(C)C)c1N. The van der Waals surface area contributed by atoms with Gasteiger partial charge in [-0.15, -0.1) is 0 Å². The number of aromatic nitrogens is 2. The van der Waals surface area contributed by atoms with E-state index in [1.165, 1.54) is 0 Å². The molecule has 0 spiro atoms. The number of nitrogens with zero attached hydrogens (tertiary/aromatic N) is 2. The molecule has 0 unspecified atom stereocenters. The Bertz CT molecular complexity index is 396. The van der Waals surface area contributed by atoms with Crippen LogP contribution >= 0.6 is 0 Å². The Hall–Kier alpha value is -1.56. The molecule has 1 heterocycles. The van der Waals surface area contributed by atoms with Gasteiger partial charge in [-0.1, -0.05) is 13.8 Å².